The van der Waals surface area contributed by atoms with Crippen LogP contribution in [0.3, 0.4) is 0 Å². The number of rotatable bonds is 3. The van der Waals surface area contributed by atoms with Crippen molar-refractivity contribution in [1.29, 1.82) is 0 Å². The van der Waals surface area contributed by atoms with Crippen LogP contribution in [0.15, 0.2) is 22.7 Å². The largest absolute Gasteiger partial charge is 0.351 e. The summed E-state index contributed by atoms with van der Waals surface area (Å²) < 4.78 is 13.8. The van der Waals surface area contributed by atoms with E-state index in [0.717, 1.165) is 4.47 Å². The number of halogens is 2. The van der Waals surface area contributed by atoms with Crippen LogP contribution in [0.25, 0.3) is 0 Å². The minimum atomic E-state index is -0.593. The lowest BCUT2D eigenvalue weighted by atomic mass is 9.87. The van der Waals surface area contributed by atoms with E-state index in [9.17, 15) is 9.18 Å². The minimum absolute atomic E-state index is 0.237. The van der Waals surface area contributed by atoms with Crippen LogP contribution < -0.4 is 11.1 Å². The number of nitrogens with one attached hydrogen (secondary N) is 1. The van der Waals surface area contributed by atoms with Crippen molar-refractivity contribution in [2.45, 2.75) is 33.4 Å². The summed E-state index contributed by atoms with van der Waals surface area (Å²) >= 11 is 3.31. The zero-order valence-electron chi connectivity index (χ0n) is 10.8. The number of carbonyl (C=O) groups excluding carboxylic acids is 1. The number of hydrogen-bond acceptors (Lipinski definition) is 2. The molecule has 1 aromatic carbocycles. The van der Waals surface area contributed by atoms with Crippen LogP contribution in [0.5, 0.6) is 0 Å². The molecule has 0 spiro atoms. The van der Waals surface area contributed by atoms with Gasteiger partial charge in [0.05, 0.1) is 6.04 Å². The molecule has 5 heteroatoms. The van der Waals surface area contributed by atoms with E-state index in [-0.39, 0.29) is 23.7 Å². The van der Waals surface area contributed by atoms with Crippen LogP contribution in [0, 0.1) is 11.2 Å². The highest BCUT2D eigenvalue weighted by Crippen LogP contribution is 2.19. The Bertz CT molecular complexity index is 443. The first-order chi connectivity index (χ1) is 8.21. The van der Waals surface area contributed by atoms with E-state index in [1.165, 1.54) is 12.1 Å². The van der Waals surface area contributed by atoms with Gasteiger partial charge in [-0.05, 0) is 29.2 Å². The number of carbonyl (C=O) groups is 1. The summed E-state index contributed by atoms with van der Waals surface area (Å²) in [4.78, 5) is 11.8. The zero-order valence-corrected chi connectivity index (χ0v) is 12.3. The maximum Gasteiger partial charge on any atom is 0.237 e. The number of hydrogen-bond donors (Lipinski definition) is 2. The molecule has 1 unspecified atom stereocenters. The lowest BCUT2D eigenvalue weighted by Gasteiger charge is -2.25. The van der Waals surface area contributed by atoms with Gasteiger partial charge in [-0.15, -0.1) is 0 Å². The van der Waals surface area contributed by atoms with Crippen molar-refractivity contribution in [3.8, 4) is 0 Å². The average Bonchev–Trinajstić information content (AvgIpc) is 2.27. The Labute approximate surface area is 115 Å². The summed E-state index contributed by atoms with van der Waals surface area (Å²) in [5.41, 5.74) is 6.21. The molecule has 1 atom stereocenters. The van der Waals surface area contributed by atoms with Gasteiger partial charge >= 0.3 is 0 Å². The lowest BCUT2D eigenvalue weighted by molar-refractivity contribution is -0.124. The standard InChI is InChI=1S/C13H18BrFN2O/c1-13(2,3)11(16)12(18)17-7-8-6-9(15)4-5-10(8)14/h4-6,11H,7,16H2,1-3H3,(H,17,18). The van der Waals surface area contributed by atoms with E-state index in [0.29, 0.717) is 5.56 Å². The van der Waals surface area contributed by atoms with Crippen molar-refractivity contribution in [1.82, 2.24) is 5.32 Å². The Balaban J connectivity index is 2.66. The van der Waals surface area contributed by atoms with Crippen LogP contribution in [-0.4, -0.2) is 11.9 Å². The van der Waals surface area contributed by atoms with E-state index < -0.39 is 6.04 Å². The SMILES string of the molecule is CC(C)(C)C(N)C(=O)NCc1cc(F)ccc1Br. The summed E-state index contributed by atoms with van der Waals surface area (Å²) in [7, 11) is 0. The summed E-state index contributed by atoms with van der Waals surface area (Å²) in [6.45, 7) is 5.95. The van der Waals surface area contributed by atoms with Crippen LogP contribution >= 0.6 is 15.9 Å². The highest BCUT2D eigenvalue weighted by molar-refractivity contribution is 9.10. The first-order valence-corrected chi connectivity index (χ1v) is 6.48. The van der Waals surface area contributed by atoms with Gasteiger partial charge in [-0.25, -0.2) is 4.39 Å². The van der Waals surface area contributed by atoms with Crippen LogP contribution in [-0.2, 0) is 11.3 Å². The van der Waals surface area contributed by atoms with E-state index in [2.05, 4.69) is 21.2 Å². The zero-order chi connectivity index (χ0) is 13.9. The average molecular weight is 317 g/mol. The molecule has 18 heavy (non-hydrogen) atoms. The molecule has 3 N–H and O–H groups in total. The fourth-order valence-corrected chi connectivity index (χ4v) is 1.75. The molecule has 0 aromatic heterocycles. The Morgan fingerprint density at radius 3 is 2.67 bits per heavy atom. The van der Waals surface area contributed by atoms with Crippen molar-refractivity contribution >= 4 is 21.8 Å². The third-order valence-corrected chi connectivity index (χ3v) is 3.45. The highest BCUT2D eigenvalue weighted by atomic mass is 79.9. The van der Waals surface area contributed by atoms with Crippen molar-refractivity contribution in [2.75, 3.05) is 0 Å². The van der Waals surface area contributed by atoms with Gasteiger partial charge < -0.3 is 11.1 Å². The van der Waals surface area contributed by atoms with Gasteiger partial charge in [0.15, 0.2) is 0 Å². The third kappa shape index (κ3) is 4.07. The quantitative estimate of drug-likeness (QED) is 0.900. The molecule has 3 nitrogen and oxygen atoms in total. The van der Waals surface area contributed by atoms with Crippen LogP contribution in [0.2, 0.25) is 0 Å². The Hall–Kier alpha value is -0.940. The molecule has 0 aliphatic carbocycles. The summed E-state index contributed by atoms with van der Waals surface area (Å²) in [6, 6.07) is 3.76. The molecule has 0 saturated carbocycles. The number of amides is 1. The number of benzene rings is 1. The molecule has 0 heterocycles. The molecule has 0 aliphatic heterocycles. The Morgan fingerprint density at radius 2 is 2.11 bits per heavy atom. The Morgan fingerprint density at radius 1 is 1.50 bits per heavy atom. The van der Waals surface area contributed by atoms with Crippen LogP contribution in [0.1, 0.15) is 26.3 Å². The smallest absolute Gasteiger partial charge is 0.237 e. The highest BCUT2D eigenvalue weighted by Gasteiger charge is 2.27. The van der Waals surface area contributed by atoms with Crippen molar-refractivity contribution in [3.63, 3.8) is 0 Å². The molecular weight excluding hydrogens is 299 g/mol. The van der Waals surface area contributed by atoms with Gasteiger partial charge in [-0.1, -0.05) is 36.7 Å². The maximum atomic E-state index is 13.1. The van der Waals surface area contributed by atoms with E-state index in [1.54, 1.807) is 6.07 Å². The fraction of sp³-hybridized carbons (Fsp3) is 0.462. The monoisotopic (exact) mass is 316 g/mol. The Kier molecular flexibility index (Phi) is 4.87. The third-order valence-electron chi connectivity index (χ3n) is 2.68. The summed E-state index contributed by atoms with van der Waals surface area (Å²) in [6.07, 6.45) is 0. The summed E-state index contributed by atoms with van der Waals surface area (Å²) in [5, 5.41) is 2.71. The van der Waals surface area contributed by atoms with E-state index in [4.69, 9.17) is 5.73 Å². The predicted molar refractivity (Wildman–Crippen MR) is 73.4 cm³/mol. The van der Waals surface area contributed by atoms with Crippen LogP contribution in [0.4, 0.5) is 4.39 Å². The van der Waals surface area contributed by atoms with Crippen molar-refractivity contribution in [3.05, 3.63) is 34.1 Å². The van der Waals surface area contributed by atoms with Crippen molar-refractivity contribution < 1.29 is 9.18 Å². The molecule has 0 aliphatic rings. The second kappa shape index (κ2) is 5.80. The van der Waals surface area contributed by atoms with E-state index >= 15 is 0 Å². The van der Waals surface area contributed by atoms with Crippen molar-refractivity contribution in [2.24, 2.45) is 11.1 Å². The second-order valence-electron chi connectivity index (χ2n) is 5.30. The molecule has 0 radical (unpaired) electrons. The predicted octanol–water partition coefficient (Wildman–Crippen LogP) is 2.58. The fourth-order valence-electron chi connectivity index (χ4n) is 1.36. The molecule has 100 valence electrons. The van der Waals surface area contributed by atoms with Gasteiger partial charge in [0, 0.05) is 11.0 Å². The second-order valence-corrected chi connectivity index (χ2v) is 6.15. The number of nitrogens with two attached hydrogens (primary N) is 1. The van der Waals surface area contributed by atoms with Gasteiger partial charge in [-0.2, -0.15) is 0 Å². The molecular formula is C13H18BrFN2O. The van der Waals surface area contributed by atoms with Gasteiger partial charge in [0.1, 0.15) is 5.82 Å². The molecule has 0 fully saturated rings. The maximum absolute atomic E-state index is 13.1. The molecule has 0 saturated heterocycles. The molecule has 1 rings (SSSR count). The van der Waals surface area contributed by atoms with Gasteiger partial charge in [-0.3, -0.25) is 4.79 Å². The van der Waals surface area contributed by atoms with Gasteiger partial charge in [0.25, 0.3) is 0 Å². The summed E-state index contributed by atoms with van der Waals surface area (Å²) in [5.74, 6) is -0.568. The molecule has 1 amide bonds. The first kappa shape index (κ1) is 15.1. The van der Waals surface area contributed by atoms with E-state index in [1.807, 2.05) is 20.8 Å². The minimum Gasteiger partial charge on any atom is -0.351 e. The van der Waals surface area contributed by atoms with Gasteiger partial charge in [0.2, 0.25) is 5.91 Å². The first-order valence-electron chi connectivity index (χ1n) is 5.69. The topological polar surface area (TPSA) is 55.1 Å². The molecule has 0 bridgehead atoms. The lowest BCUT2D eigenvalue weighted by Crippen LogP contribution is -2.48. The molecule has 1 aromatic rings. The normalized spacial score (nSPS) is 13.2.